The summed E-state index contributed by atoms with van der Waals surface area (Å²) in [6.07, 6.45) is 0. The predicted octanol–water partition coefficient (Wildman–Crippen LogP) is 6.58. The average molecular weight is 438 g/mol. The number of ether oxygens (including phenoxy) is 1. The van der Waals surface area contributed by atoms with Gasteiger partial charge in [0.1, 0.15) is 24.0 Å². The number of nitrogens with zero attached hydrogens (tertiary/aromatic N) is 3. The maximum absolute atomic E-state index is 13.9. The maximum atomic E-state index is 13.9. The van der Waals surface area contributed by atoms with E-state index in [1.807, 2.05) is 18.2 Å². The van der Waals surface area contributed by atoms with E-state index in [0.717, 1.165) is 44.7 Å². The van der Waals surface area contributed by atoms with Crippen LogP contribution >= 0.6 is 0 Å². The van der Waals surface area contributed by atoms with Crippen LogP contribution in [0.15, 0.2) is 66.2 Å². The fraction of sp³-hybridized carbons (Fsp3) is 0.214. The Morgan fingerprint density at radius 2 is 1.91 bits per heavy atom. The molecular weight excluding hydrogens is 413 g/mol. The van der Waals surface area contributed by atoms with E-state index in [9.17, 15) is 9.65 Å². The van der Waals surface area contributed by atoms with Gasteiger partial charge in [-0.2, -0.15) is 5.26 Å². The van der Waals surface area contributed by atoms with Crippen LogP contribution in [0.2, 0.25) is 0 Å². The number of benzene rings is 3. The van der Waals surface area contributed by atoms with Crippen molar-refractivity contribution in [2.75, 3.05) is 0 Å². The molecule has 1 aromatic heterocycles. The first-order valence-electron chi connectivity index (χ1n) is 11.1. The van der Waals surface area contributed by atoms with Gasteiger partial charge in [-0.1, -0.05) is 38.1 Å². The van der Waals surface area contributed by atoms with Crippen LogP contribution in [-0.4, -0.2) is 9.55 Å². The van der Waals surface area contributed by atoms with Crippen molar-refractivity contribution in [1.29, 1.82) is 5.26 Å². The Labute approximate surface area is 192 Å². The second-order valence-electron chi connectivity index (χ2n) is 8.73. The highest BCUT2D eigenvalue weighted by molar-refractivity contribution is 5.88. The van der Waals surface area contributed by atoms with Crippen molar-refractivity contribution in [1.82, 2.24) is 9.55 Å². The highest BCUT2D eigenvalue weighted by Crippen LogP contribution is 2.39. The largest absolute Gasteiger partial charge is 0.488 e. The summed E-state index contributed by atoms with van der Waals surface area (Å²) < 4.78 is 22.2. The first-order chi connectivity index (χ1) is 16.0. The van der Waals surface area contributed by atoms with E-state index in [0.29, 0.717) is 30.4 Å². The van der Waals surface area contributed by atoms with Gasteiger partial charge >= 0.3 is 0 Å². The summed E-state index contributed by atoms with van der Waals surface area (Å²) in [6.45, 7) is 7.09. The van der Waals surface area contributed by atoms with Crippen molar-refractivity contribution < 1.29 is 9.13 Å². The molecule has 4 aromatic rings. The summed E-state index contributed by atoms with van der Waals surface area (Å²) in [5.74, 6) is 1.44. The summed E-state index contributed by atoms with van der Waals surface area (Å²) >= 11 is 0. The summed E-state index contributed by atoms with van der Waals surface area (Å²) in [5, 5.41) is 9.66. The highest BCUT2D eigenvalue weighted by atomic mass is 19.1. The SMILES string of the molecule is C/C(C#N)=C1/c2ccc(Cn3c(C(C)C)nc4ccccc43)cc2COc2cc(F)ccc21. The average Bonchev–Trinajstić information content (AvgIpc) is 3.10. The van der Waals surface area contributed by atoms with E-state index < -0.39 is 0 Å². The van der Waals surface area contributed by atoms with E-state index >= 15 is 0 Å². The number of hydrogen-bond donors (Lipinski definition) is 0. The minimum absolute atomic E-state index is 0.291. The van der Waals surface area contributed by atoms with Gasteiger partial charge < -0.3 is 9.30 Å². The number of para-hydroxylation sites is 2. The molecule has 0 spiro atoms. The molecule has 0 bridgehead atoms. The minimum atomic E-state index is -0.359. The van der Waals surface area contributed by atoms with Crippen molar-refractivity contribution in [2.24, 2.45) is 0 Å². The van der Waals surface area contributed by atoms with Crippen molar-refractivity contribution in [2.45, 2.75) is 39.8 Å². The number of rotatable bonds is 3. The Morgan fingerprint density at radius 1 is 1.12 bits per heavy atom. The second-order valence-corrected chi connectivity index (χ2v) is 8.73. The molecule has 5 heteroatoms. The lowest BCUT2D eigenvalue weighted by Gasteiger charge is -2.15. The fourth-order valence-corrected chi connectivity index (χ4v) is 4.57. The van der Waals surface area contributed by atoms with Gasteiger partial charge in [-0.25, -0.2) is 9.37 Å². The van der Waals surface area contributed by atoms with E-state index in [-0.39, 0.29) is 5.82 Å². The highest BCUT2D eigenvalue weighted by Gasteiger charge is 2.23. The molecule has 0 saturated carbocycles. The molecule has 0 unspecified atom stereocenters. The number of halogens is 1. The standard InChI is InChI=1S/C28H24FN3O/c1-17(2)28-31-24-6-4-5-7-25(24)32(28)15-19-8-10-22-20(12-19)16-33-26-13-21(29)9-11-23(26)27(22)18(3)14-30/h4-13,17H,15-16H2,1-3H3/b27-18+. The first-order valence-corrected chi connectivity index (χ1v) is 11.1. The van der Waals surface area contributed by atoms with Gasteiger partial charge in [-0.3, -0.25) is 0 Å². The van der Waals surface area contributed by atoms with Gasteiger partial charge in [0.05, 0.1) is 17.1 Å². The zero-order valence-corrected chi connectivity index (χ0v) is 18.9. The van der Waals surface area contributed by atoms with Crippen LogP contribution in [0.5, 0.6) is 5.75 Å². The molecule has 0 atom stereocenters. The number of aromatic nitrogens is 2. The van der Waals surface area contributed by atoms with Crippen molar-refractivity contribution in [3.05, 3.63) is 100 Å². The third-order valence-corrected chi connectivity index (χ3v) is 6.12. The lowest BCUT2D eigenvalue weighted by Crippen LogP contribution is -2.08. The van der Waals surface area contributed by atoms with Crippen LogP contribution in [0.25, 0.3) is 16.6 Å². The van der Waals surface area contributed by atoms with Gasteiger partial charge in [-0.05, 0) is 53.9 Å². The Kier molecular flexibility index (Phi) is 5.22. The van der Waals surface area contributed by atoms with Crippen molar-refractivity contribution in [3.63, 3.8) is 0 Å². The molecule has 1 aliphatic heterocycles. The quantitative estimate of drug-likeness (QED) is 0.340. The van der Waals surface area contributed by atoms with Crippen LogP contribution in [0, 0.1) is 17.1 Å². The summed E-state index contributed by atoms with van der Waals surface area (Å²) in [6, 6.07) is 21.2. The third-order valence-electron chi connectivity index (χ3n) is 6.12. The Bertz CT molecular complexity index is 1460. The summed E-state index contributed by atoms with van der Waals surface area (Å²) in [7, 11) is 0. The lowest BCUT2D eigenvalue weighted by atomic mass is 9.90. The molecular formula is C28H24FN3O. The van der Waals surface area contributed by atoms with Crippen LogP contribution in [0.3, 0.4) is 0 Å². The Hall–Kier alpha value is -3.91. The van der Waals surface area contributed by atoms with Crippen LogP contribution in [0.4, 0.5) is 4.39 Å². The predicted molar refractivity (Wildman–Crippen MR) is 127 cm³/mol. The van der Waals surface area contributed by atoms with Crippen molar-refractivity contribution >= 4 is 16.6 Å². The molecule has 4 nitrogen and oxygen atoms in total. The topological polar surface area (TPSA) is 50.8 Å². The number of fused-ring (bicyclic) bond motifs is 3. The van der Waals surface area contributed by atoms with E-state index in [2.05, 4.69) is 48.7 Å². The van der Waals surface area contributed by atoms with E-state index in [1.54, 1.807) is 13.0 Å². The summed E-state index contributed by atoms with van der Waals surface area (Å²) in [5.41, 5.74) is 7.25. The normalized spacial score (nSPS) is 14.3. The zero-order valence-electron chi connectivity index (χ0n) is 18.9. The van der Waals surface area contributed by atoms with E-state index in [4.69, 9.17) is 9.72 Å². The van der Waals surface area contributed by atoms with Gasteiger partial charge in [-0.15, -0.1) is 0 Å². The fourth-order valence-electron chi connectivity index (χ4n) is 4.57. The van der Waals surface area contributed by atoms with Crippen LogP contribution in [-0.2, 0) is 13.2 Å². The second kappa shape index (κ2) is 8.22. The molecule has 0 radical (unpaired) electrons. The molecule has 0 saturated heterocycles. The van der Waals surface area contributed by atoms with Gasteiger partial charge in [0.15, 0.2) is 0 Å². The molecule has 2 heterocycles. The molecule has 3 aromatic carbocycles. The van der Waals surface area contributed by atoms with Gasteiger partial charge in [0.2, 0.25) is 0 Å². The molecule has 5 rings (SSSR count). The Morgan fingerprint density at radius 3 is 2.70 bits per heavy atom. The van der Waals surface area contributed by atoms with Crippen LogP contribution in [0.1, 0.15) is 54.8 Å². The molecule has 0 aliphatic carbocycles. The van der Waals surface area contributed by atoms with E-state index in [1.165, 1.54) is 12.1 Å². The molecule has 1 aliphatic rings. The molecule has 33 heavy (non-hydrogen) atoms. The van der Waals surface area contributed by atoms with Gasteiger partial charge in [0.25, 0.3) is 0 Å². The monoisotopic (exact) mass is 437 g/mol. The number of allylic oxidation sites excluding steroid dienone is 1. The molecule has 0 amide bonds. The maximum Gasteiger partial charge on any atom is 0.130 e. The minimum Gasteiger partial charge on any atom is -0.488 e. The molecule has 0 fully saturated rings. The lowest BCUT2D eigenvalue weighted by molar-refractivity contribution is 0.305. The number of imidazole rings is 1. The number of nitriles is 1. The Balaban J connectivity index is 1.61. The molecule has 164 valence electrons. The smallest absolute Gasteiger partial charge is 0.130 e. The third kappa shape index (κ3) is 3.68. The van der Waals surface area contributed by atoms with Gasteiger partial charge in [0, 0.05) is 35.2 Å². The molecule has 0 N–H and O–H groups in total. The van der Waals surface area contributed by atoms with Crippen LogP contribution < -0.4 is 4.74 Å². The first kappa shape index (κ1) is 21.0. The van der Waals surface area contributed by atoms with Crippen molar-refractivity contribution in [3.8, 4) is 11.8 Å². The number of hydrogen-bond acceptors (Lipinski definition) is 3. The zero-order chi connectivity index (χ0) is 23.1. The summed E-state index contributed by atoms with van der Waals surface area (Å²) in [4.78, 5) is 4.85.